The number of para-hydroxylation sites is 3. The van der Waals surface area contributed by atoms with Crippen LogP contribution in [-0.4, -0.2) is 35.1 Å². The molecule has 2 N–H and O–H groups in total. The Labute approximate surface area is 169 Å². The van der Waals surface area contributed by atoms with Crippen LogP contribution in [0.4, 0.5) is 11.6 Å². The van der Waals surface area contributed by atoms with Crippen LogP contribution in [0.1, 0.15) is 23.3 Å². The number of nitrogens with one attached hydrogen (secondary N) is 2. The highest BCUT2D eigenvalue weighted by molar-refractivity contribution is 5.92. The summed E-state index contributed by atoms with van der Waals surface area (Å²) in [6, 6.07) is 18.6. The van der Waals surface area contributed by atoms with Crippen LogP contribution in [-0.2, 0) is 4.74 Å². The average molecular weight is 390 g/mol. The fraction of sp³-hybridized carbons (Fsp3) is 0.227. The van der Waals surface area contributed by atoms with Crippen LogP contribution in [0.2, 0.25) is 0 Å². The third kappa shape index (κ3) is 5.08. The van der Waals surface area contributed by atoms with Crippen molar-refractivity contribution in [1.82, 2.24) is 15.3 Å². The van der Waals surface area contributed by atoms with Gasteiger partial charge < -0.3 is 20.1 Å². The summed E-state index contributed by atoms with van der Waals surface area (Å²) in [5, 5.41) is 6.00. The monoisotopic (exact) mass is 390 g/mol. The van der Waals surface area contributed by atoms with Crippen molar-refractivity contribution in [2.45, 2.75) is 18.9 Å². The van der Waals surface area contributed by atoms with E-state index in [0.717, 1.165) is 25.2 Å². The number of aromatic nitrogens is 2. The molecule has 0 radical (unpaired) electrons. The molecule has 7 nitrogen and oxygen atoms in total. The summed E-state index contributed by atoms with van der Waals surface area (Å²) in [7, 11) is 0. The zero-order valence-corrected chi connectivity index (χ0v) is 15.9. The van der Waals surface area contributed by atoms with Crippen molar-refractivity contribution in [3.8, 4) is 11.5 Å². The molecule has 2 aromatic carbocycles. The van der Waals surface area contributed by atoms with Gasteiger partial charge in [-0.2, -0.15) is 0 Å². The van der Waals surface area contributed by atoms with Crippen LogP contribution in [0.15, 0.2) is 66.9 Å². The molecular weight excluding hydrogens is 368 g/mol. The van der Waals surface area contributed by atoms with E-state index in [1.807, 2.05) is 54.6 Å². The summed E-state index contributed by atoms with van der Waals surface area (Å²) in [5.41, 5.74) is 0.996. The number of carbonyl (C=O) groups is 1. The second-order valence-corrected chi connectivity index (χ2v) is 6.65. The summed E-state index contributed by atoms with van der Waals surface area (Å²) in [4.78, 5) is 21.0. The van der Waals surface area contributed by atoms with E-state index < -0.39 is 0 Å². The highest BCUT2D eigenvalue weighted by atomic mass is 16.5. The van der Waals surface area contributed by atoms with Gasteiger partial charge in [0.15, 0.2) is 5.75 Å². The molecule has 1 amide bonds. The van der Waals surface area contributed by atoms with Gasteiger partial charge in [-0.05, 0) is 43.2 Å². The lowest BCUT2D eigenvalue weighted by Gasteiger charge is -2.13. The van der Waals surface area contributed by atoms with E-state index >= 15 is 0 Å². The molecule has 3 aromatic rings. The number of ether oxygens (including phenoxy) is 2. The SMILES string of the molecule is O=C(NCC1CCCO1)c1ccnc(Nc2ccccc2Oc2ccccc2)n1. The molecule has 0 bridgehead atoms. The van der Waals surface area contributed by atoms with Crippen molar-refractivity contribution < 1.29 is 14.3 Å². The lowest BCUT2D eigenvalue weighted by atomic mass is 10.2. The first-order valence-electron chi connectivity index (χ1n) is 9.60. The Morgan fingerprint density at radius 3 is 2.76 bits per heavy atom. The second-order valence-electron chi connectivity index (χ2n) is 6.65. The van der Waals surface area contributed by atoms with Crippen molar-refractivity contribution in [2.24, 2.45) is 0 Å². The first-order chi connectivity index (χ1) is 14.3. The molecule has 1 aliphatic heterocycles. The third-order valence-electron chi connectivity index (χ3n) is 4.51. The lowest BCUT2D eigenvalue weighted by molar-refractivity contribution is 0.0853. The number of nitrogens with zero attached hydrogens (tertiary/aromatic N) is 2. The molecule has 0 saturated carbocycles. The van der Waals surface area contributed by atoms with Crippen molar-refractivity contribution in [3.63, 3.8) is 0 Å². The maximum Gasteiger partial charge on any atom is 0.270 e. The van der Waals surface area contributed by atoms with Gasteiger partial charge in [0.2, 0.25) is 5.95 Å². The fourth-order valence-electron chi connectivity index (χ4n) is 3.04. The third-order valence-corrected chi connectivity index (χ3v) is 4.51. The van der Waals surface area contributed by atoms with Gasteiger partial charge in [0, 0.05) is 19.3 Å². The molecule has 29 heavy (non-hydrogen) atoms. The smallest absolute Gasteiger partial charge is 0.270 e. The zero-order valence-electron chi connectivity index (χ0n) is 15.9. The predicted molar refractivity (Wildman–Crippen MR) is 110 cm³/mol. The molecule has 2 heterocycles. The van der Waals surface area contributed by atoms with Gasteiger partial charge in [-0.1, -0.05) is 30.3 Å². The van der Waals surface area contributed by atoms with E-state index in [-0.39, 0.29) is 12.0 Å². The van der Waals surface area contributed by atoms with Gasteiger partial charge in [0.05, 0.1) is 11.8 Å². The minimum Gasteiger partial charge on any atom is -0.455 e. The Bertz CT molecular complexity index is 959. The molecular formula is C22H22N4O3. The minimum atomic E-state index is -0.250. The van der Waals surface area contributed by atoms with Crippen LogP contribution >= 0.6 is 0 Å². The number of hydrogen-bond acceptors (Lipinski definition) is 6. The van der Waals surface area contributed by atoms with E-state index in [4.69, 9.17) is 9.47 Å². The molecule has 0 aliphatic carbocycles. The second kappa shape index (κ2) is 9.16. The number of carbonyl (C=O) groups excluding carboxylic acids is 1. The van der Waals surface area contributed by atoms with E-state index in [1.54, 1.807) is 12.3 Å². The summed E-state index contributed by atoms with van der Waals surface area (Å²) < 4.78 is 11.5. The highest BCUT2D eigenvalue weighted by Gasteiger charge is 2.17. The van der Waals surface area contributed by atoms with Gasteiger partial charge in [-0.15, -0.1) is 0 Å². The first-order valence-corrected chi connectivity index (χ1v) is 9.60. The Morgan fingerprint density at radius 1 is 1.10 bits per heavy atom. The lowest BCUT2D eigenvalue weighted by Crippen LogP contribution is -2.32. The van der Waals surface area contributed by atoms with Crippen molar-refractivity contribution in [3.05, 3.63) is 72.6 Å². The zero-order chi connectivity index (χ0) is 19.9. The molecule has 0 spiro atoms. The van der Waals surface area contributed by atoms with E-state index in [2.05, 4.69) is 20.6 Å². The molecule has 1 aromatic heterocycles. The summed E-state index contributed by atoms with van der Waals surface area (Å²) in [6.07, 6.45) is 3.64. The molecule has 148 valence electrons. The van der Waals surface area contributed by atoms with Crippen LogP contribution in [0.3, 0.4) is 0 Å². The van der Waals surface area contributed by atoms with Crippen LogP contribution in [0.5, 0.6) is 11.5 Å². The predicted octanol–water partition coefficient (Wildman–Crippen LogP) is 3.92. The minimum absolute atomic E-state index is 0.0837. The van der Waals surface area contributed by atoms with Gasteiger partial charge in [-0.25, -0.2) is 9.97 Å². The van der Waals surface area contributed by atoms with E-state index in [9.17, 15) is 4.79 Å². The number of amides is 1. The molecule has 4 rings (SSSR count). The number of benzene rings is 2. The average Bonchev–Trinajstić information content (AvgIpc) is 3.28. The van der Waals surface area contributed by atoms with Crippen molar-refractivity contribution in [1.29, 1.82) is 0 Å². The number of hydrogen-bond donors (Lipinski definition) is 2. The standard InChI is InChI=1S/C22H22N4O3/c27-21(24-15-17-9-6-14-28-17)19-12-13-23-22(26-19)25-18-10-4-5-11-20(18)29-16-7-2-1-3-8-16/h1-5,7-8,10-13,17H,6,9,14-15H2,(H,24,27)(H,23,25,26). The molecule has 1 aliphatic rings. The Balaban J connectivity index is 1.44. The van der Waals surface area contributed by atoms with Crippen LogP contribution in [0, 0.1) is 0 Å². The summed E-state index contributed by atoms with van der Waals surface area (Å²) in [6.45, 7) is 1.24. The largest absolute Gasteiger partial charge is 0.455 e. The van der Waals surface area contributed by atoms with Gasteiger partial charge in [-0.3, -0.25) is 4.79 Å². The molecule has 1 fully saturated rings. The van der Waals surface area contributed by atoms with Crippen molar-refractivity contribution >= 4 is 17.5 Å². The maximum absolute atomic E-state index is 12.4. The first kappa shape index (κ1) is 18.9. The highest BCUT2D eigenvalue weighted by Crippen LogP contribution is 2.30. The van der Waals surface area contributed by atoms with E-state index in [0.29, 0.717) is 29.6 Å². The quantitative estimate of drug-likeness (QED) is 0.636. The number of anilines is 2. The molecule has 1 atom stereocenters. The van der Waals surface area contributed by atoms with Gasteiger partial charge in [0.25, 0.3) is 5.91 Å². The topological polar surface area (TPSA) is 85.4 Å². The Hall–Kier alpha value is -3.45. The fourth-order valence-corrected chi connectivity index (χ4v) is 3.04. The van der Waals surface area contributed by atoms with Gasteiger partial charge in [0.1, 0.15) is 11.4 Å². The molecule has 1 unspecified atom stereocenters. The Morgan fingerprint density at radius 2 is 1.93 bits per heavy atom. The maximum atomic E-state index is 12.4. The molecule has 1 saturated heterocycles. The number of rotatable bonds is 7. The Kier molecular flexibility index (Phi) is 5.97. The van der Waals surface area contributed by atoms with Crippen LogP contribution < -0.4 is 15.4 Å². The molecule has 7 heteroatoms. The van der Waals surface area contributed by atoms with Crippen LogP contribution in [0.25, 0.3) is 0 Å². The van der Waals surface area contributed by atoms with Gasteiger partial charge >= 0.3 is 0 Å². The van der Waals surface area contributed by atoms with Crippen molar-refractivity contribution in [2.75, 3.05) is 18.5 Å². The summed E-state index contributed by atoms with van der Waals surface area (Å²) in [5.74, 6) is 1.43. The van der Waals surface area contributed by atoms with E-state index in [1.165, 1.54) is 0 Å². The normalized spacial score (nSPS) is 15.7. The summed E-state index contributed by atoms with van der Waals surface area (Å²) >= 11 is 0.